The van der Waals surface area contributed by atoms with Crippen LogP contribution in [0.2, 0.25) is 0 Å². The third kappa shape index (κ3) is 4.72. The molecule has 0 aliphatic carbocycles. The van der Waals surface area contributed by atoms with Gasteiger partial charge in [0.1, 0.15) is 0 Å². The van der Waals surface area contributed by atoms with Gasteiger partial charge in [0.2, 0.25) is 6.79 Å². The monoisotopic (exact) mass is 477 g/mol. The van der Waals surface area contributed by atoms with Gasteiger partial charge in [0.05, 0.1) is 24.6 Å². The molecule has 6 nitrogen and oxygen atoms in total. The number of ether oxygens (including phenoxy) is 2. The lowest BCUT2D eigenvalue weighted by Gasteiger charge is -2.28. The Hall–Kier alpha value is -3.36. The van der Waals surface area contributed by atoms with Crippen molar-refractivity contribution in [2.24, 2.45) is 0 Å². The number of benzene rings is 2. The van der Waals surface area contributed by atoms with Gasteiger partial charge in [-0.2, -0.15) is 0 Å². The Balaban J connectivity index is 1.42. The first-order chi connectivity index (χ1) is 16.1. The van der Waals surface area contributed by atoms with E-state index in [-0.39, 0.29) is 18.4 Å². The summed E-state index contributed by atoms with van der Waals surface area (Å²) in [5, 5.41) is 6.97. The number of aromatic nitrogens is 1. The Kier molecular flexibility index (Phi) is 6.02. The molecule has 168 valence electrons. The summed E-state index contributed by atoms with van der Waals surface area (Å²) in [6.07, 6.45) is 0. The molecule has 0 saturated heterocycles. The highest BCUT2D eigenvalue weighted by Crippen LogP contribution is 2.35. The third-order valence-corrected chi connectivity index (χ3v) is 6.87. The summed E-state index contributed by atoms with van der Waals surface area (Å²) in [6.45, 7) is 3.27. The van der Waals surface area contributed by atoms with Gasteiger partial charge in [-0.05, 0) is 48.3 Å². The molecule has 1 aliphatic heterocycles. The highest BCUT2D eigenvalue weighted by molar-refractivity contribution is 7.80. The van der Waals surface area contributed by atoms with Gasteiger partial charge in [0.25, 0.3) is 5.56 Å². The van der Waals surface area contributed by atoms with Crippen LogP contribution in [0.15, 0.2) is 70.8 Å². The molecule has 1 aliphatic rings. The Morgan fingerprint density at radius 1 is 1.12 bits per heavy atom. The van der Waals surface area contributed by atoms with Crippen molar-refractivity contribution in [1.29, 1.82) is 0 Å². The highest BCUT2D eigenvalue weighted by atomic mass is 32.1. The van der Waals surface area contributed by atoms with Crippen LogP contribution < -0.4 is 20.3 Å². The fourth-order valence-corrected chi connectivity index (χ4v) is 4.88. The molecule has 2 N–H and O–H groups in total. The van der Waals surface area contributed by atoms with Crippen molar-refractivity contribution in [3.8, 4) is 11.5 Å². The molecule has 2 aromatic carbocycles. The maximum absolute atomic E-state index is 12.9. The van der Waals surface area contributed by atoms with Crippen LogP contribution in [-0.2, 0) is 13.1 Å². The zero-order chi connectivity index (χ0) is 22.8. The second kappa shape index (κ2) is 9.25. The van der Waals surface area contributed by atoms with Crippen molar-refractivity contribution in [2.75, 3.05) is 6.79 Å². The van der Waals surface area contributed by atoms with Crippen LogP contribution in [0, 0.1) is 0 Å². The maximum Gasteiger partial charge on any atom is 0.253 e. The summed E-state index contributed by atoms with van der Waals surface area (Å²) in [4.78, 5) is 19.1. The van der Waals surface area contributed by atoms with Crippen LogP contribution in [-0.4, -0.2) is 21.8 Å². The van der Waals surface area contributed by atoms with E-state index < -0.39 is 0 Å². The molecule has 1 atom stereocenters. The first-order valence-electron chi connectivity index (χ1n) is 10.6. The first kappa shape index (κ1) is 21.5. The standard InChI is InChI=1S/C25H23N3O3S2/c1-16(17-6-3-2-4-7-17)26-25(32)28(14-20-8-5-9-33-20)13-19-10-18-11-22-23(31-15-30-22)12-21(18)27-24(19)29/h2-12,16H,13-15H2,1H3,(H,26,32)(H,27,29)/t16-/m0/s1. The molecular weight excluding hydrogens is 454 g/mol. The van der Waals surface area contributed by atoms with Crippen LogP contribution in [0.4, 0.5) is 0 Å². The van der Waals surface area contributed by atoms with E-state index in [2.05, 4.69) is 35.4 Å². The second-order valence-electron chi connectivity index (χ2n) is 7.93. The van der Waals surface area contributed by atoms with E-state index in [0.29, 0.717) is 35.3 Å². The number of thiophene rings is 1. The molecule has 8 heteroatoms. The topological polar surface area (TPSA) is 66.6 Å². The van der Waals surface area contributed by atoms with Gasteiger partial charge in [-0.1, -0.05) is 36.4 Å². The lowest BCUT2D eigenvalue weighted by atomic mass is 10.1. The predicted octanol–water partition coefficient (Wildman–Crippen LogP) is 4.96. The fourth-order valence-electron chi connectivity index (χ4n) is 3.86. The summed E-state index contributed by atoms with van der Waals surface area (Å²) < 4.78 is 10.9. The number of thiocarbonyl (C=S) groups is 1. The Labute approximate surface area is 200 Å². The Morgan fingerprint density at radius 2 is 1.91 bits per heavy atom. The molecule has 5 rings (SSSR count). The van der Waals surface area contributed by atoms with Crippen molar-refractivity contribution < 1.29 is 9.47 Å². The molecule has 0 radical (unpaired) electrons. The number of fused-ring (bicyclic) bond motifs is 2. The summed E-state index contributed by atoms with van der Waals surface area (Å²) in [7, 11) is 0. The van der Waals surface area contributed by atoms with Crippen molar-refractivity contribution in [3.63, 3.8) is 0 Å². The van der Waals surface area contributed by atoms with E-state index in [0.717, 1.165) is 16.5 Å². The first-order valence-corrected chi connectivity index (χ1v) is 11.9. The number of nitrogens with one attached hydrogen (secondary N) is 2. The molecular formula is C25H23N3O3S2. The van der Waals surface area contributed by atoms with Gasteiger partial charge >= 0.3 is 0 Å². The molecule has 2 aromatic heterocycles. The van der Waals surface area contributed by atoms with E-state index in [9.17, 15) is 4.79 Å². The van der Waals surface area contributed by atoms with Crippen molar-refractivity contribution in [3.05, 3.63) is 92.4 Å². The molecule has 0 unspecified atom stereocenters. The SMILES string of the molecule is C[C@H](NC(=S)N(Cc1cccs1)Cc1cc2cc3c(cc2[nH]c1=O)OCO3)c1ccccc1. The zero-order valence-electron chi connectivity index (χ0n) is 18.0. The lowest BCUT2D eigenvalue weighted by Crippen LogP contribution is -2.40. The number of hydrogen-bond donors (Lipinski definition) is 2. The van der Waals surface area contributed by atoms with Crippen LogP contribution >= 0.6 is 23.6 Å². The molecule has 0 bridgehead atoms. The summed E-state index contributed by atoms with van der Waals surface area (Å²) in [6, 6.07) is 19.9. The van der Waals surface area contributed by atoms with Crippen LogP contribution in [0.1, 0.15) is 29.0 Å². The Bertz CT molecular complexity index is 1340. The summed E-state index contributed by atoms with van der Waals surface area (Å²) in [5.41, 5.74) is 2.36. The fraction of sp³-hybridized carbons (Fsp3) is 0.200. The average molecular weight is 478 g/mol. The number of rotatable bonds is 6. The number of hydrogen-bond acceptors (Lipinski definition) is 5. The van der Waals surface area contributed by atoms with Crippen molar-refractivity contribution in [2.45, 2.75) is 26.1 Å². The normalized spacial score (nSPS) is 13.1. The second-order valence-corrected chi connectivity index (χ2v) is 9.35. The number of H-pyrrole nitrogens is 1. The molecule has 33 heavy (non-hydrogen) atoms. The molecule has 4 aromatic rings. The molecule has 3 heterocycles. The van der Waals surface area contributed by atoms with Crippen molar-refractivity contribution in [1.82, 2.24) is 15.2 Å². The van der Waals surface area contributed by atoms with Crippen LogP contribution in [0.3, 0.4) is 0 Å². The van der Waals surface area contributed by atoms with E-state index in [1.54, 1.807) is 17.4 Å². The highest BCUT2D eigenvalue weighted by Gasteiger charge is 2.19. The van der Waals surface area contributed by atoms with E-state index in [1.807, 2.05) is 46.7 Å². The minimum absolute atomic E-state index is 0.0409. The van der Waals surface area contributed by atoms with Gasteiger partial charge in [-0.25, -0.2) is 0 Å². The largest absolute Gasteiger partial charge is 0.454 e. The smallest absolute Gasteiger partial charge is 0.253 e. The van der Waals surface area contributed by atoms with E-state index in [4.69, 9.17) is 21.7 Å². The lowest BCUT2D eigenvalue weighted by molar-refractivity contribution is 0.174. The van der Waals surface area contributed by atoms with Gasteiger partial charge in [-0.3, -0.25) is 4.79 Å². The molecule has 0 saturated carbocycles. The van der Waals surface area contributed by atoms with Gasteiger partial charge in [0, 0.05) is 21.9 Å². The number of aromatic amines is 1. The van der Waals surface area contributed by atoms with Crippen LogP contribution in [0.25, 0.3) is 10.9 Å². The molecule has 0 amide bonds. The quantitative estimate of drug-likeness (QED) is 0.383. The predicted molar refractivity (Wildman–Crippen MR) is 135 cm³/mol. The molecule has 0 fully saturated rings. The third-order valence-electron chi connectivity index (χ3n) is 5.63. The van der Waals surface area contributed by atoms with E-state index in [1.165, 1.54) is 4.88 Å². The number of pyridine rings is 1. The van der Waals surface area contributed by atoms with Gasteiger partial charge in [-0.15, -0.1) is 11.3 Å². The average Bonchev–Trinajstić information content (AvgIpc) is 3.50. The van der Waals surface area contributed by atoms with Crippen molar-refractivity contribution >= 4 is 39.6 Å². The minimum Gasteiger partial charge on any atom is -0.454 e. The summed E-state index contributed by atoms with van der Waals surface area (Å²) >= 11 is 7.47. The summed E-state index contributed by atoms with van der Waals surface area (Å²) in [5.74, 6) is 1.33. The van der Waals surface area contributed by atoms with E-state index >= 15 is 0 Å². The minimum atomic E-state index is -0.142. The Morgan fingerprint density at radius 3 is 2.67 bits per heavy atom. The zero-order valence-corrected chi connectivity index (χ0v) is 19.7. The van der Waals surface area contributed by atoms with Gasteiger partial charge < -0.3 is 24.7 Å². The number of nitrogens with zero attached hydrogens (tertiary/aromatic N) is 1. The molecule has 0 spiro atoms. The van der Waals surface area contributed by atoms with Gasteiger partial charge in [0.15, 0.2) is 16.6 Å². The van der Waals surface area contributed by atoms with Crippen LogP contribution in [0.5, 0.6) is 11.5 Å². The maximum atomic E-state index is 12.9.